The fourth-order valence-corrected chi connectivity index (χ4v) is 2.10. The van der Waals surface area contributed by atoms with Gasteiger partial charge < -0.3 is 14.8 Å². The van der Waals surface area contributed by atoms with Crippen molar-refractivity contribution in [2.45, 2.75) is 11.3 Å². The molecule has 0 aliphatic carbocycles. The lowest BCUT2D eigenvalue weighted by Crippen LogP contribution is -2.26. The summed E-state index contributed by atoms with van der Waals surface area (Å²) in [4.78, 5) is 11.9. The average molecular weight is 302 g/mol. The number of carbonyl (C=O) groups excluding carboxylic acids is 1. The molecule has 20 heavy (non-hydrogen) atoms. The summed E-state index contributed by atoms with van der Waals surface area (Å²) >= 11 is 0. The molecule has 1 aromatic carbocycles. The Balaban J connectivity index is 2.93. The zero-order valence-corrected chi connectivity index (χ0v) is 12.2. The second-order valence-electron chi connectivity index (χ2n) is 4.01. The number of rotatable bonds is 7. The van der Waals surface area contributed by atoms with Gasteiger partial charge in [-0.2, -0.15) is 0 Å². The second-order valence-corrected chi connectivity index (χ2v) is 5.57. The van der Waals surface area contributed by atoms with Gasteiger partial charge in [0, 0.05) is 20.3 Å². The van der Waals surface area contributed by atoms with Gasteiger partial charge in [0.1, 0.15) is 5.75 Å². The van der Waals surface area contributed by atoms with Crippen molar-refractivity contribution >= 4 is 15.9 Å². The van der Waals surface area contributed by atoms with E-state index < -0.39 is 15.9 Å². The van der Waals surface area contributed by atoms with E-state index in [4.69, 9.17) is 14.6 Å². The van der Waals surface area contributed by atoms with Crippen LogP contribution in [-0.2, 0) is 14.8 Å². The number of hydrogen-bond acceptors (Lipinski definition) is 5. The topological polar surface area (TPSA) is 108 Å². The molecule has 0 aliphatic rings. The van der Waals surface area contributed by atoms with E-state index in [1.54, 1.807) is 7.11 Å². The van der Waals surface area contributed by atoms with Crippen LogP contribution in [0.25, 0.3) is 0 Å². The molecule has 112 valence electrons. The van der Waals surface area contributed by atoms with Gasteiger partial charge in [-0.1, -0.05) is 0 Å². The Morgan fingerprint density at radius 2 is 2.05 bits per heavy atom. The second kappa shape index (κ2) is 7.22. The lowest BCUT2D eigenvalue weighted by atomic mass is 10.2. The summed E-state index contributed by atoms with van der Waals surface area (Å²) in [6.07, 6.45) is 0.652. The smallest absolute Gasteiger partial charge is 0.255 e. The van der Waals surface area contributed by atoms with E-state index in [1.807, 2.05) is 0 Å². The number of sulfonamides is 1. The third-order valence-electron chi connectivity index (χ3n) is 2.55. The third kappa shape index (κ3) is 4.48. The molecule has 3 N–H and O–H groups in total. The van der Waals surface area contributed by atoms with Gasteiger partial charge in [0.15, 0.2) is 0 Å². The summed E-state index contributed by atoms with van der Waals surface area (Å²) in [5.74, 6) is -0.148. The van der Waals surface area contributed by atoms with Crippen LogP contribution in [0.15, 0.2) is 23.1 Å². The predicted molar refractivity (Wildman–Crippen MR) is 73.2 cm³/mol. The van der Waals surface area contributed by atoms with Crippen molar-refractivity contribution in [2.24, 2.45) is 5.14 Å². The SMILES string of the molecule is COCCCNC(=O)c1cc(S(N)(=O)=O)ccc1OC. The first-order chi connectivity index (χ1) is 9.40. The minimum atomic E-state index is -3.87. The van der Waals surface area contributed by atoms with Crippen LogP contribution in [0.1, 0.15) is 16.8 Å². The molecule has 1 amide bonds. The molecular weight excluding hydrogens is 284 g/mol. The van der Waals surface area contributed by atoms with E-state index in [9.17, 15) is 13.2 Å². The zero-order chi connectivity index (χ0) is 15.2. The number of amides is 1. The number of benzene rings is 1. The minimum absolute atomic E-state index is 0.122. The predicted octanol–water partition coefficient (Wildman–Crippen LogP) is 0.109. The highest BCUT2D eigenvalue weighted by Crippen LogP contribution is 2.21. The van der Waals surface area contributed by atoms with E-state index in [0.717, 1.165) is 0 Å². The Hall–Kier alpha value is -1.64. The summed E-state index contributed by atoms with van der Waals surface area (Å²) < 4.78 is 32.5. The molecule has 1 aromatic rings. The van der Waals surface area contributed by atoms with Crippen LogP contribution in [0.5, 0.6) is 5.75 Å². The van der Waals surface area contributed by atoms with Crippen molar-refractivity contribution in [1.82, 2.24) is 5.32 Å². The van der Waals surface area contributed by atoms with Crippen molar-refractivity contribution in [1.29, 1.82) is 0 Å². The zero-order valence-electron chi connectivity index (χ0n) is 11.4. The van der Waals surface area contributed by atoms with Gasteiger partial charge in [0.2, 0.25) is 10.0 Å². The van der Waals surface area contributed by atoms with Crippen molar-refractivity contribution in [3.63, 3.8) is 0 Å². The fourth-order valence-electron chi connectivity index (χ4n) is 1.56. The molecule has 0 saturated heterocycles. The molecular formula is C12H18N2O5S. The van der Waals surface area contributed by atoms with Crippen molar-refractivity contribution < 1.29 is 22.7 Å². The maximum absolute atomic E-state index is 12.0. The van der Waals surface area contributed by atoms with Gasteiger partial charge in [0.05, 0.1) is 17.6 Å². The van der Waals surface area contributed by atoms with Crippen LogP contribution in [0.4, 0.5) is 0 Å². The summed E-state index contributed by atoms with van der Waals surface area (Å²) in [6, 6.07) is 3.87. The molecule has 8 heteroatoms. The molecule has 0 fully saturated rings. The number of methoxy groups -OCH3 is 2. The average Bonchev–Trinajstić information content (AvgIpc) is 2.41. The van der Waals surface area contributed by atoms with Crippen LogP contribution in [-0.4, -0.2) is 41.7 Å². The van der Waals surface area contributed by atoms with Crippen molar-refractivity contribution in [3.8, 4) is 5.75 Å². The number of ether oxygens (including phenoxy) is 2. The van der Waals surface area contributed by atoms with Crippen molar-refractivity contribution in [3.05, 3.63) is 23.8 Å². The van der Waals surface area contributed by atoms with E-state index in [2.05, 4.69) is 5.32 Å². The highest BCUT2D eigenvalue weighted by molar-refractivity contribution is 7.89. The van der Waals surface area contributed by atoms with Crippen LogP contribution in [0, 0.1) is 0 Å². The number of nitrogens with two attached hydrogens (primary N) is 1. The van der Waals surface area contributed by atoms with Crippen LogP contribution < -0.4 is 15.2 Å². The molecule has 0 aromatic heterocycles. The first-order valence-electron chi connectivity index (χ1n) is 5.88. The summed E-state index contributed by atoms with van der Waals surface area (Å²) in [5, 5.41) is 7.69. The lowest BCUT2D eigenvalue weighted by Gasteiger charge is -2.10. The Bertz CT molecular complexity index is 571. The maximum Gasteiger partial charge on any atom is 0.255 e. The first kappa shape index (κ1) is 16.4. The number of primary sulfonamides is 1. The standard InChI is InChI=1S/C12H18N2O5S/c1-18-7-3-6-14-12(15)10-8-9(20(13,16)17)4-5-11(10)19-2/h4-5,8H,3,6-7H2,1-2H3,(H,14,15)(H2,13,16,17). The van der Waals surface area contributed by atoms with Crippen molar-refractivity contribution in [2.75, 3.05) is 27.4 Å². The number of hydrogen-bond donors (Lipinski definition) is 2. The molecule has 0 radical (unpaired) electrons. The van der Waals surface area contributed by atoms with Crippen LogP contribution >= 0.6 is 0 Å². The molecule has 7 nitrogen and oxygen atoms in total. The molecule has 0 heterocycles. The Labute approximate surface area is 118 Å². The first-order valence-corrected chi connectivity index (χ1v) is 7.42. The van der Waals surface area contributed by atoms with Gasteiger partial charge in [-0.25, -0.2) is 13.6 Å². The van der Waals surface area contributed by atoms with Crippen LogP contribution in [0.2, 0.25) is 0 Å². The largest absolute Gasteiger partial charge is 0.496 e. The quantitative estimate of drug-likeness (QED) is 0.695. The maximum atomic E-state index is 12.0. The number of carbonyl (C=O) groups is 1. The van der Waals surface area contributed by atoms with E-state index in [0.29, 0.717) is 19.6 Å². The van der Waals surface area contributed by atoms with E-state index in [-0.39, 0.29) is 16.2 Å². The molecule has 0 atom stereocenters. The molecule has 0 unspecified atom stereocenters. The Morgan fingerprint density at radius 1 is 1.35 bits per heavy atom. The van der Waals surface area contributed by atoms with Crippen LogP contribution in [0.3, 0.4) is 0 Å². The minimum Gasteiger partial charge on any atom is -0.496 e. The van der Waals surface area contributed by atoms with E-state index >= 15 is 0 Å². The summed E-state index contributed by atoms with van der Waals surface area (Å²) in [5.41, 5.74) is 0.122. The highest BCUT2D eigenvalue weighted by atomic mass is 32.2. The normalized spacial score (nSPS) is 11.2. The molecule has 0 bridgehead atoms. The van der Waals surface area contributed by atoms with Gasteiger partial charge >= 0.3 is 0 Å². The molecule has 0 saturated carbocycles. The molecule has 1 rings (SSSR count). The number of nitrogens with one attached hydrogen (secondary N) is 1. The lowest BCUT2D eigenvalue weighted by molar-refractivity contribution is 0.0945. The highest BCUT2D eigenvalue weighted by Gasteiger charge is 2.16. The Kier molecular flexibility index (Phi) is 5.93. The summed E-state index contributed by atoms with van der Waals surface area (Å²) in [6.45, 7) is 0.935. The van der Waals surface area contributed by atoms with Gasteiger partial charge in [-0.05, 0) is 24.6 Å². The van der Waals surface area contributed by atoms with E-state index in [1.165, 1.54) is 25.3 Å². The molecule has 0 spiro atoms. The molecule has 0 aliphatic heterocycles. The van der Waals surface area contributed by atoms with Gasteiger partial charge in [0.25, 0.3) is 5.91 Å². The Morgan fingerprint density at radius 3 is 2.60 bits per heavy atom. The fraction of sp³-hybridized carbons (Fsp3) is 0.417. The van der Waals surface area contributed by atoms with Gasteiger partial charge in [-0.3, -0.25) is 4.79 Å². The van der Waals surface area contributed by atoms with Gasteiger partial charge in [-0.15, -0.1) is 0 Å². The monoisotopic (exact) mass is 302 g/mol. The third-order valence-corrected chi connectivity index (χ3v) is 3.47. The summed E-state index contributed by atoms with van der Waals surface area (Å²) in [7, 11) is -0.902.